The van der Waals surface area contributed by atoms with E-state index in [1.54, 1.807) is 12.4 Å². The van der Waals surface area contributed by atoms with E-state index >= 15 is 0 Å². The van der Waals surface area contributed by atoms with E-state index in [1.807, 2.05) is 42.5 Å². The van der Waals surface area contributed by atoms with E-state index in [0.29, 0.717) is 6.67 Å². The van der Waals surface area contributed by atoms with Crippen LogP contribution in [-0.2, 0) is 0 Å². The van der Waals surface area contributed by atoms with Gasteiger partial charge in [-0.3, -0.25) is 5.43 Å². The third-order valence-electron chi connectivity index (χ3n) is 3.00. The van der Waals surface area contributed by atoms with E-state index in [9.17, 15) is 0 Å². The zero-order chi connectivity index (χ0) is 15.8. The molecule has 1 heterocycles. The molecule has 0 saturated heterocycles. The molecule has 6 heteroatoms. The standard InChI is InChI=1S/C16H18IN5/c17-7-3-4-12(9-18)16-8-13(10-20-21-11-19)14-5-1-2-6-15(14)22-16/h1-6,8-10,21H,7,11,18-19H2/b4-3+,12-9+,20-10+. The number of halogens is 1. The van der Waals surface area contributed by atoms with Gasteiger partial charge < -0.3 is 11.5 Å². The number of hydrogen-bond acceptors (Lipinski definition) is 5. The summed E-state index contributed by atoms with van der Waals surface area (Å²) in [6.07, 6.45) is 7.33. The first-order chi connectivity index (χ1) is 10.8. The van der Waals surface area contributed by atoms with Gasteiger partial charge in [-0.25, -0.2) is 4.98 Å². The Balaban J connectivity index is 2.54. The minimum atomic E-state index is 0.290. The number of nitrogens with one attached hydrogen (secondary N) is 1. The lowest BCUT2D eigenvalue weighted by Crippen LogP contribution is -2.16. The number of aromatic nitrogens is 1. The van der Waals surface area contributed by atoms with E-state index in [-0.39, 0.29) is 0 Å². The molecule has 114 valence electrons. The fraction of sp³-hybridized carbons (Fsp3) is 0.125. The molecule has 5 nitrogen and oxygen atoms in total. The number of alkyl halides is 1. The molecule has 0 aliphatic heterocycles. The number of nitrogens with two attached hydrogens (primary N) is 2. The second-order valence-electron chi connectivity index (χ2n) is 4.41. The van der Waals surface area contributed by atoms with Crippen LogP contribution in [0.15, 0.2) is 53.8 Å². The Morgan fingerprint density at radius 1 is 1.36 bits per heavy atom. The second kappa shape index (κ2) is 8.50. The summed E-state index contributed by atoms with van der Waals surface area (Å²) in [7, 11) is 0. The molecular formula is C16H18IN5. The molecule has 0 amide bonds. The third-order valence-corrected chi connectivity index (χ3v) is 3.50. The maximum absolute atomic E-state index is 5.74. The summed E-state index contributed by atoms with van der Waals surface area (Å²) < 4.78 is 0.914. The minimum Gasteiger partial charge on any atom is -0.404 e. The zero-order valence-corrected chi connectivity index (χ0v) is 14.2. The highest BCUT2D eigenvalue weighted by molar-refractivity contribution is 14.1. The largest absolute Gasteiger partial charge is 0.404 e. The van der Waals surface area contributed by atoms with Crippen LogP contribution in [0.4, 0.5) is 0 Å². The van der Waals surface area contributed by atoms with Crippen LogP contribution in [0.25, 0.3) is 16.5 Å². The van der Waals surface area contributed by atoms with Gasteiger partial charge in [-0.1, -0.05) is 52.9 Å². The molecule has 5 N–H and O–H groups in total. The smallest absolute Gasteiger partial charge is 0.0798 e. The van der Waals surface area contributed by atoms with E-state index in [4.69, 9.17) is 11.5 Å². The summed E-state index contributed by atoms with van der Waals surface area (Å²) in [4.78, 5) is 4.68. The number of fused-ring (bicyclic) bond motifs is 1. The van der Waals surface area contributed by atoms with Crippen molar-refractivity contribution in [2.75, 3.05) is 11.1 Å². The van der Waals surface area contributed by atoms with Crippen LogP contribution in [-0.4, -0.2) is 22.3 Å². The van der Waals surface area contributed by atoms with E-state index in [1.165, 1.54) is 0 Å². The molecule has 0 saturated carbocycles. The van der Waals surface area contributed by atoms with Gasteiger partial charge in [0, 0.05) is 27.2 Å². The van der Waals surface area contributed by atoms with Crippen molar-refractivity contribution in [1.82, 2.24) is 10.4 Å². The Labute approximate surface area is 143 Å². The molecule has 0 fully saturated rings. The highest BCUT2D eigenvalue weighted by Gasteiger charge is 2.06. The minimum absolute atomic E-state index is 0.290. The number of pyridine rings is 1. The van der Waals surface area contributed by atoms with Crippen molar-refractivity contribution in [3.8, 4) is 0 Å². The second-order valence-corrected chi connectivity index (χ2v) is 5.29. The van der Waals surface area contributed by atoms with Crippen LogP contribution in [0, 0.1) is 0 Å². The van der Waals surface area contributed by atoms with E-state index in [2.05, 4.69) is 38.1 Å². The van der Waals surface area contributed by atoms with Gasteiger partial charge in [0.25, 0.3) is 0 Å². The molecule has 0 unspecified atom stereocenters. The van der Waals surface area contributed by atoms with E-state index in [0.717, 1.165) is 32.2 Å². The predicted molar refractivity (Wildman–Crippen MR) is 102 cm³/mol. The van der Waals surface area contributed by atoms with Crippen molar-refractivity contribution in [1.29, 1.82) is 0 Å². The first kappa shape index (κ1) is 16.4. The van der Waals surface area contributed by atoms with Gasteiger partial charge in [-0.15, -0.1) is 0 Å². The van der Waals surface area contributed by atoms with Crippen LogP contribution in [0.3, 0.4) is 0 Å². The van der Waals surface area contributed by atoms with Crippen LogP contribution >= 0.6 is 22.6 Å². The number of hydrogen-bond donors (Lipinski definition) is 3. The molecule has 22 heavy (non-hydrogen) atoms. The Hall–Kier alpha value is -1.93. The number of benzene rings is 1. The molecular weight excluding hydrogens is 389 g/mol. The summed E-state index contributed by atoms with van der Waals surface area (Å²) in [6, 6.07) is 9.91. The molecule has 2 aromatic rings. The van der Waals surface area contributed by atoms with Crippen molar-refractivity contribution in [3.05, 3.63) is 59.9 Å². The zero-order valence-electron chi connectivity index (χ0n) is 12.0. The maximum atomic E-state index is 5.74. The van der Waals surface area contributed by atoms with Gasteiger partial charge >= 0.3 is 0 Å². The number of allylic oxidation sites excluding steroid dienone is 3. The van der Waals surface area contributed by atoms with Crippen molar-refractivity contribution < 1.29 is 0 Å². The topological polar surface area (TPSA) is 89.3 Å². The molecule has 0 aliphatic carbocycles. The van der Waals surface area contributed by atoms with Crippen molar-refractivity contribution in [3.63, 3.8) is 0 Å². The highest BCUT2D eigenvalue weighted by atomic mass is 127. The average Bonchev–Trinajstić information content (AvgIpc) is 2.56. The number of hydrazone groups is 1. The molecule has 0 radical (unpaired) electrons. The SMILES string of the molecule is N/C=C(\C=C\CI)c1cc(/C=N/NCN)c2ccccc2n1. The van der Waals surface area contributed by atoms with Crippen molar-refractivity contribution in [2.45, 2.75) is 0 Å². The lowest BCUT2D eigenvalue weighted by atomic mass is 10.1. The summed E-state index contributed by atoms with van der Waals surface area (Å²) in [5, 5.41) is 5.13. The van der Waals surface area contributed by atoms with Gasteiger partial charge in [0.05, 0.1) is 24.1 Å². The summed E-state index contributed by atoms with van der Waals surface area (Å²) in [5.41, 5.74) is 17.4. The molecule has 0 aliphatic rings. The Kier molecular flexibility index (Phi) is 6.35. The molecule has 2 rings (SSSR count). The number of nitrogens with zero attached hydrogens (tertiary/aromatic N) is 2. The molecule has 0 atom stereocenters. The summed E-state index contributed by atoms with van der Waals surface area (Å²) in [6.45, 7) is 0.290. The fourth-order valence-corrected chi connectivity index (χ4v) is 2.28. The van der Waals surface area contributed by atoms with E-state index < -0.39 is 0 Å². The van der Waals surface area contributed by atoms with Gasteiger partial charge in [0.2, 0.25) is 0 Å². The summed E-state index contributed by atoms with van der Waals surface area (Å²) >= 11 is 2.28. The number of rotatable bonds is 6. The third kappa shape index (κ3) is 4.05. The number of para-hydroxylation sites is 1. The molecule has 1 aromatic carbocycles. The highest BCUT2D eigenvalue weighted by Crippen LogP contribution is 2.21. The van der Waals surface area contributed by atoms with Crippen LogP contribution < -0.4 is 16.9 Å². The first-order valence-corrected chi connectivity index (χ1v) is 8.33. The average molecular weight is 407 g/mol. The monoisotopic (exact) mass is 407 g/mol. The Morgan fingerprint density at radius 3 is 2.91 bits per heavy atom. The van der Waals surface area contributed by atoms with Crippen LogP contribution in [0.2, 0.25) is 0 Å². The lowest BCUT2D eigenvalue weighted by molar-refractivity contribution is 0.764. The molecule has 0 bridgehead atoms. The predicted octanol–water partition coefficient (Wildman–Crippen LogP) is 2.37. The van der Waals surface area contributed by atoms with Crippen LogP contribution in [0.1, 0.15) is 11.3 Å². The van der Waals surface area contributed by atoms with Crippen molar-refractivity contribution in [2.24, 2.45) is 16.6 Å². The molecule has 1 aromatic heterocycles. The fourth-order valence-electron chi connectivity index (χ4n) is 2.02. The van der Waals surface area contributed by atoms with Gasteiger partial charge in [0.1, 0.15) is 0 Å². The quantitative estimate of drug-likeness (QED) is 0.171. The van der Waals surface area contributed by atoms with Gasteiger partial charge in [-0.05, 0) is 12.1 Å². The Bertz CT molecular complexity index is 722. The Morgan fingerprint density at radius 2 is 2.18 bits per heavy atom. The van der Waals surface area contributed by atoms with Gasteiger partial charge in [0.15, 0.2) is 0 Å². The van der Waals surface area contributed by atoms with Crippen LogP contribution in [0.5, 0.6) is 0 Å². The lowest BCUT2D eigenvalue weighted by Gasteiger charge is -2.07. The summed E-state index contributed by atoms with van der Waals surface area (Å²) in [5.74, 6) is 0. The maximum Gasteiger partial charge on any atom is 0.0798 e. The van der Waals surface area contributed by atoms with Gasteiger partial charge in [-0.2, -0.15) is 5.10 Å². The normalized spacial score (nSPS) is 12.5. The van der Waals surface area contributed by atoms with Crippen molar-refractivity contribution >= 4 is 45.3 Å². The first-order valence-electron chi connectivity index (χ1n) is 6.80. The molecule has 0 spiro atoms.